The minimum Gasteiger partial charge on any atom is -0.348 e. The highest BCUT2D eigenvalue weighted by Gasteiger charge is 2.34. The van der Waals surface area contributed by atoms with Crippen molar-refractivity contribution >= 4 is 36.7 Å². The van der Waals surface area contributed by atoms with Crippen LogP contribution >= 0.6 is 11.3 Å². The molecule has 1 aliphatic rings. The number of aromatic nitrogens is 1. The van der Waals surface area contributed by atoms with Crippen LogP contribution in [-0.2, 0) is 16.2 Å². The number of rotatable bonds is 3. The summed E-state index contributed by atoms with van der Waals surface area (Å²) in [5.41, 5.74) is -0.746. The van der Waals surface area contributed by atoms with E-state index in [-0.39, 0.29) is 11.6 Å². The van der Waals surface area contributed by atoms with Gasteiger partial charge in [-0.1, -0.05) is 17.4 Å². The molecule has 0 aliphatic carbocycles. The fourth-order valence-corrected chi connectivity index (χ4v) is 4.79. The SMILES string of the molecule is CN(C1CCN(c2nc3c(C(F)(F)F)cccc3s2)CC1)S(C)(=O)=O. The molecule has 0 radical (unpaired) electrons. The van der Waals surface area contributed by atoms with Crippen molar-refractivity contribution in [3.8, 4) is 0 Å². The molecule has 1 fully saturated rings. The molecular formula is C15H18F3N3O2S2. The third-order valence-electron chi connectivity index (χ3n) is 4.49. The zero-order valence-electron chi connectivity index (χ0n) is 13.7. The van der Waals surface area contributed by atoms with E-state index in [4.69, 9.17) is 0 Å². The van der Waals surface area contributed by atoms with E-state index in [2.05, 4.69) is 4.98 Å². The molecule has 1 aromatic carbocycles. The van der Waals surface area contributed by atoms with Gasteiger partial charge in [0.25, 0.3) is 0 Å². The topological polar surface area (TPSA) is 53.5 Å². The van der Waals surface area contributed by atoms with Gasteiger partial charge in [0.2, 0.25) is 10.0 Å². The first-order chi connectivity index (χ1) is 11.6. The summed E-state index contributed by atoms with van der Waals surface area (Å²) in [6.45, 7) is 1.12. The van der Waals surface area contributed by atoms with Gasteiger partial charge >= 0.3 is 6.18 Å². The maximum atomic E-state index is 13.1. The van der Waals surface area contributed by atoms with Crippen molar-refractivity contribution in [2.45, 2.75) is 25.1 Å². The van der Waals surface area contributed by atoms with Crippen LogP contribution in [0.3, 0.4) is 0 Å². The number of hydrogen-bond donors (Lipinski definition) is 0. The van der Waals surface area contributed by atoms with Crippen LogP contribution in [-0.4, -0.2) is 50.1 Å². The first-order valence-electron chi connectivity index (χ1n) is 7.72. The lowest BCUT2D eigenvalue weighted by atomic mass is 10.1. The van der Waals surface area contributed by atoms with Crippen LogP contribution in [0.15, 0.2) is 18.2 Å². The second-order valence-electron chi connectivity index (χ2n) is 6.14. The normalized spacial score (nSPS) is 17.6. The number of thiazole rings is 1. The lowest BCUT2D eigenvalue weighted by molar-refractivity contribution is -0.136. The maximum absolute atomic E-state index is 13.1. The number of halogens is 3. The fourth-order valence-electron chi connectivity index (χ4n) is 2.99. The molecule has 138 valence electrons. The predicted molar refractivity (Wildman–Crippen MR) is 92.5 cm³/mol. The van der Waals surface area contributed by atoms with Crippen LogP contribution in [0.5, 0.6) is 0 Å². The Morgan fingerprint density at radius 1 is 1.28 bits per heavy atom. The van der Waals surface area contributed by atoms with Gasteiger partial charge < -0.3 is 4.90 Å². The van der Waals surface area contributed by atoms with Gasteiger partial charge in [-0.15, -0.1) is 0 Å². The lowest BCUT2D eigenvalue weighted by Gasteiger charge is -2.35. The Kier molecular flexibility index (Phi) is 4.71. The summed E-state index contributed by atoms with van der Waals surface area (Å²) in [6.07, 6.45) is -2.03. The third-order valence-corrected chi connectivity index (χ3v) is 6.91. The monoisotopic (exact) mass is 393 g/mol. The number of para-hydroxylation sites is 1. The molecule has 10 heteroatoms. The number of anilines is 1. The third kappa shape index (κ3) is 3.75. The Balaban J connectivity index is 1.81. The van der Waals surface area contributed by atoms with Crippen LogP contribution in [0.1, 0.15) is 18.4 Å². The van der Waals surface area contributed by atoms with Gasteiger partial charge in [-0.2, -0.15) is 13.2 Å². The van der Waals surface area contributed by atoms with Crippen molar-refractivity contribution in [2.24, 2.45) is 0 Å². The highest BCUT2D eigenvalue weighted by molar-refractivity contribution is 7.88. The van der Waals surface area contributed by atoms with Gasteiger partial charge in [-0.3, -0.25) is 0 Å². The van der Waals surface area contributed by atoms with Crippen molar-refractivity contribution in [2.75, 3.05) is 31.3 Å². The molecule has 0 spiro atoms. The van der Waals surface area contributed by atoms with Crippen molar-refractivity contribution in [1.29, 1.82) is 0 Å². The zero-order chi connectivity index (χ0) is 18.4. The van der Waals surface area contributed by atoms with E-state index in [1.807, 2.05) is 4.90 Å². The molecule has 0 unspecified atom stereocenters. The van der Waals surface area contributed by atoms with Gasteiger partial charge in [0.1, 0.15) is 0 Å². The smallest absolute Gasteiger partial charge is 0.348 e. The molecule has 1 saturated heterocycles. The van der Waals surface area contributed by atoms with Crippen molar-refractivity contribution in [1.82, 2.24) is 9.29 Å². The molecule has 2 aromatic rings. The fraction of sp³-hybridized carbons (Fsp3) is 0.533. The van der Waals surface area contributed by atoms with Crippen molar-refractivity contribution < 1.29 is 21.6 Å². The Labute approximate surface area is 148 Å². The molecule has 3 rings (SSSR count). The number of nitrogens with zero attached hydrogens (tertiary/aromatic N) is 3. The summed E-state index contributed by atoms with van der Waals surface area (Å²) >= 11 is 1.23. The summed E-state index contributed by atoms with van der Waals surface area (Å²) in [7, 11) is -1.69. The van der Waals surface area contributed by atoms with E-state index in [1.54, 1.807) is 13.1 Å². The van der Waals surface area contributed by atoms with E-state index < -0.39 is 21.8 Å². The molecule has 1 aromatic heterocycles. The number of sulfonamides is 1. The van der Waals surface area contributed by atoms with Crippen LogP contribution in [0.2, 0.25) is 0 Å². The number of fused-ring (bicyclic) bond motifs is 1. The average molecular weight is 393 g/mol. The van der Waals surface area contributed by atoms with Gasteiger partial charge in [0.05, 0.1) is 22.0 Å². The maximum Gasteiger partial charge on any atom is 0.418 e. The summed E-state index contributed by atoms with van der Waals surface area (Å²) in [6, 6.07) is 3.97. The standard InChI is InChI=1S/C15H18F3N3O2S2/c1-20(25(2,22)23)10-6-8-21(9-7-10)14-19-13-11(15(16,17)18)4-3-5-12(13)24-14/h3-5,10H,6-9H2,1-2H3. The van der Waals surface area contributed by atoms with Gasteiger partial charge in [0.15, 0.2) is 5.13 Å². The Morgan fingerprint density at radius 2 is 1.92 bits per heavy atom. The lowest BCUT2D eigenvalue weighted by Crippen LogP contribution is -2.45. The van der Waals surface area contributed by atoms with Crippen LogP contribution < -0.4 is 4.90 Å². The molecular weight excluding hydrogens is 375 g/mol. The Hall–Kier alpha value is -1.39. The molecule has 0 atom stereocenters. The summed E-state index contributed by atoms with van der Waals surface area (Å²) in [4.78, 5) is 6.14. The molecule has 1 aliphatic heterocycles. The summed E-state index contributed by atoms with van der Waals surface area (Å²) < 4.78 is 64.4. The van der Waals surface area contributed by atoms with Crippen molar-refractivity contribution in [3.05, 3.63) is 23.8 Å². The van der Waals surface area contributed by atoms with E-state index in [9.17, 15) is 21.6 Å². The van der Waals surface area contributed by atoms with E-state index in [1.165, 1.54) is 28.0 Å². The molecule has 0 N–H and O–H groups in total. The van der Waals surface area contributed by atoms with E-state index in [0.717, 1.165) is 6.07 Å². The van der Waals surface area contributed by atoms with E-state index in [0.29, 0.717) is 35.8 Å². The van der Waals surface area contributed by atoms with Crippen LogP contribution in [0, 0.1) is 0 Å². The molecule has 2 heterocycles. The highest BCUT2D eigenvalue weighted by atomic mass is 32.2. The number of hydrogen-bond acceptors (Lipinski definition) is 5. The highest BCUT2D eigenvalue weighted by Crippen LogP contribution is 2.39. The number of piperidine rings is 1. The van der Waals surface area contributed by atoms with E-state index >= 15 is 0 Å². The minimum absolute atomic E-state index is 0.0228. The van der Waals surface area contributed by atoms with Gasteiger partial charge in [-0.05, 0) is 25.0 Å². The summed E-state index contributed by atoms with van der Waals surface area (Å²) in [5, 5.41) is 0.548. The Morgan fingerprint density at radius 3 is 2.48 bits per heavy atom. The first-order valence-corrected chi connectivity index (χ1v) is 10.4. The summed E-state index contributed by atoms with van der Waals surface area (Å²) in [5.74, 6) is 0. The zero-order valence-corrected chi connectivity index (χ0v) is 15.4. The average Bonchev–Trinajstić information content (AvgIpc) is 2.96. The largest absolute Gasteiger partial charge is 0.418 e. The minimum atomic E-state index is -4.43. The molecule has 25 heavy (non-hydrogen) atoms. The quantitative estimate of drug-likeness (QED) is 0.804. The molecule has 5 nitrogen and oxygen atoms in total. The number of benzene rings is 1. The van der Waals surface area contributed by atoms with Crippen molar-refractivity contribution in [3.63, 3.8) is 0 Å². The predicted octanol–water partition coefficient (Wildman–Crippen LogP) is 3.18. The second kappa shape index (κ2) is 6.40. The molecule has 0 saturated carbocycles. The van der Waals surface area contributed by atoms with Crippen LogP contribution in [0.25, 0.3) is 10.2 Å². The first kappa shape index (κ1) is 18.4. The van der Waals surface area contributed by atoms with Gasteiger partial charge in [0, 0.05) is 26.2 Å². The number of alkyl halides is 3. The molecule has 0 amide bonds. The van der Waals surface area contributed by atoms with Crippen LogP contribution in [0.4, 0.5) is 18.3 Å². The Bertz CT molecular complexity index is 872. The molecule has 0 bridgehead atoms. The van der Waals surface area contributed by atoms with Gasteiger partial charge in [-0.25, -0.2) is 17.7 Å². The second-order valence-corrected chi connectivity index (χ2v) is 9.20.